The molecule has 0 spiro atoms. The van der Waals surface area contributed by atoms with Crippen molar-refractivity contribution in [3.8, 4) is 0 Å². The first-order valence-electron chi connectivity index (χ1n) is 11.1. The second-order valence-electron chi connectivity index (χ2n) is 8.75. The second kappa shape index (κ2) is 9.60. The first-order chi connectivity index (χ1) is 15.3. The van der Waals surface area contributed by atoms with E-state index in [2.05, 4.69) is 22.8 Å². The van der Waals surface area contributed by atoms with Gasteiger partial charge in [0.2, 0.25) is 10.0 Å². The number of hydrogen-bond acceptors (Lipinski definition) is 5. The van der Waals surface area contributed by atoms with Gasteiger partial charge in [0.25, 0.3) is 5.91 Å². The number of carbonyl (C=O) groups excluding carboxylic acids is 1. The smallest absolute Gasteiger partial charge is 0.251 e. The van der Waals surface area contributed by atoms with Crippen molar-refractivity contribution in [3.63, 3.8) is 0 Å². The molecule has 2 aliphatic rings. The Bertz CT molecular complexity index is 1050. The van der Waals surface area contributed by atoms with Crippen molar-refractivity contribution in [2.75, 3.05) is 24.2 Å². The molecule has 0 radical (unpaired) electrons. The predicted octanol–water partition coefficient (Wildman–Crippen LogP) is 2.46. The van der Waals surface area contributed by atoms with Gasteiger partial charge in [-0.05, 0) is 61.6 Å². The lowest BCUT2D eigenvalue weighted by Gasteiger charge is -2.22. The van der Waals surface area contributed by atoms with Gasteiger partial charge in [0.05, 0.1) is 24.7 Å². The van der Waals surface area contributed by atoms with Crippen molar-refractivity contribution < 1.29 is 17.9 Å². The zero-order chi connectivity index (χ0) is 22.7. The summed E-state index contributed by atoms with van der Waals surface area (Å²) in [6.07, 6.45) is 5.21. The second-order valence-corrected chi connectivity index (χ2v) is 10.8. The van der Waals surface area contributed by atoms with Crippen LogP contribution in [-0.4, -0.2) is 52.4 Å². The number of ether oxygens (including phenoxy) is 1. The maximum Gasteiger partial charge on any atom is 0.251 e. The molecule has 0 bridgehead atoms. The van der Waals surface area contributed by atoms with Crippen LogP contribution in [0.25, 0.3) is 0 Å². The minimum atomic E-state index is -3.45. The Morgan fingerprint density at radius 3 is 2.56 bits per heavy atom. The molecule has 0 aromatic heterocycles. The predicted molar refractivity (Wildman–Crippen MR) is 125 cm³/mol. The molecule has 7 nitrogen and oxygen atoms in total. The summed E-state index contributed by atoms with van der Waals surface area (Å²) in [5.41, 5.74) is 2.92. The van der Waals surface area contributed by atoms with Crippen molar-refractivity contribution in [2.24, 2.45) is 0 Å². The number of hydrogen-bond donors (Lipinski definition) is 2. The number of sulfonamides is 1. The van der Waals surface area contributed by atoms with Crippen LogP contribution >= 0.6 is 0 Å². The van der Waals surface area contributed by atoms with Gasteiger partial charge in [-0.2, -0.15) is 0 Å². The fourth-order valence-electron chi connectivity index (χ4n) is 3.99. The van der Waals surface area contributed by atoms with Crippen molar-refractivity contribution >= 4 is 21.6 Å². The van der Waals surface area contributed by atoms with Crippen LogP contribution < -0.4 is 14.9 Å². The Morgan fingerprint density at radius 1 is 1.12 bits per heavy atom. The fraction of sp³-hybridized carbons (Fsp3) is 0.458. The van der Waals surface area contributed by atoms with E-state index in [0.29, 0.717) is 17.9 Å². The molecule has 2 aromatic rings. The van der Waals surface area contributed by atoms with E-state index >= 15 is 0 Å². The summed E-state index contributed by atoms with van der Waals surface area (Å²) in [4.78, 5) is 13.2. The molecule has 8 heteroatoms. The van der Waals surface area contributed by atoms with Crippen LogP contribution in [-0.2, 0) is 27.8 Å². The summed E-state index contributed by atoms with van der Waals surface area (Å²) < 4.78 is 31.2. The number of amides is 1. The molecule has 1 aliphatic carbocycles. The normalized spacial score (nSPS) is 20.8. The largest absolute Gasteiger partial charge is 0.374 e. The van der Waals surface area contributed by atoms with Gasteiger partial charge in [-0.3, -0.25) is 9.10 Å². The van der Waals surface area contributed by atoms with Gasteiger partial charge in [-0.15, -0.1) is 0 Å². The molecule has 4 rings (SSSR count). The summed E-state index contributed by atoms with van der Waals surface area (Å²) in [5.74, 6) is -0.201. The van der Waals surface area contributed by atoms with E-state index in [9.17, 15) is 13.2 Å². The minimum absolute atomic E-state index is 0.00478. The monoisotopic (exact) mass is 457 g/mol. The van der Waals surface area contributed by atoms with Crippen LogP contribution in [0.4, 0.5) is 5.69 Å². The Kier molecular flexibility index (Phi) is 6.83. The SMILES string of the molecule is CN(c1cc(COC2CC2)cc(C(=O)N[C@@H]2CCN[C@@H]2Cc2ccccc2)c1)S(C)(=O)=O. The highest BCUT2D eigenvalue weighted by molar-refractivity contribution is 7.92. The zero-order valence-corrected chi connectivity index (χ0v) is 19.4. The van der Waals surface area contributed by atoms with Crippen LogP contribution in [0.3, 0.4) is 0 Å². The van der Waals surface area contributed by atoms with Gasteiger partial charge in [-0.1, -0.05) is 30.3 Å². The molecule has 32 heavy (non-hydrogen) atoms. The highest BCUT2D eigenvalue weighted by Gasteiger charge is 2.29. The minimum Gasteiger partial charge on any atom is -0.374 e. The van der Waals surface area contributed by atoms with Crippen molar-refractivity contribution in [1.82, 2.24) is 10.6 Å². The lowest BCUT2D eigenvalue weighted by Crippen LogP contribution is -2.44. The Morgan fingerprint density at radius 2 is 1.88 bits per heavy atom. The summed E-state index contributed by atoms with van der Waals surface area (Å²) >= 11 is 0. The number of anilines is 1. The van der Waals surface area contributed by atoms with E-state index in [0.717, 1.165) is 44.0 Å². The third-order valence-electron chi connectivity index (χ3n) is 6.07. The molecule has 2 aromatic carbocycles. The molecule has 1 saturated carbocycles. The zero-order valence-electron chi connectivity index (χ0n) is 18.6. The van der Waals surface area contributed by atoms with Gasteiger partial charge in [0, 0.05) is 24.7 Å². The van der Waals surface area contributed by atoms with Crippen LogP contribution in [0, 0.1) is 0 Å². The molecule has 1 heterocycles. The van der Waals surface area contributed by atoms with Crippen LogP contribution in [0.1, 0.15) is 40.7 Å². The Hall–Kier alpha value is -2.42. The molecule has 2 atom stereocenters. The molecular weight excluding hydrogens is 426 g/mol. The third-order valence-corrected chi connectivity index (χ3v) is 7.28. The Balaban J connectivity index is 1.51. The number of rotatable bonds is 9. The maximum absolute atomic E-state index is 13.2. The highest BCUT2D eigenvalue weighted by Crippen LogP contribution is 2.27. The summed E-state index contributed by atoms with van der Waals surface area (Å²) in [6, 6.07) is 15.6. The summed E-state index contributed by atoms with van der Waals surface area (Å²) in [7, 11) is -1.95. The first-order valence-corrected chi connectivity index (χ1v) is 12.9. The molecule has 0 unspecified atom stereocenters. The average Bonchev–Trinajstić information content (AvgIpc) is 3.51. The molecule has 1 aliphatic heterocycles. The number of carbonyl (C=O) groups is 1. The standard InChI is InChI=1S/C24H31N3O4S/c1-27(32(2,29)30)20-13-18(16-31-21-8-9-21)12-19(15-20)24(28)26-22-10-11-25-23(22)14-17-6-4-3-5-7-17/h3-7,12-13,15,21-23,25H,8-11,14,16H2,1-2H3,(H,26,28)/t22-,23-/m1/s1. The van der Waals surface area contributed by atoms with Crippen LogP contribution in [0.2, 0.25) is 0 Å². The van der Waals surface area contributed by atoms with Gasteiger partial charge in [0.15, 0.2) is 0 Å². The summed E-state index contributed by atoms with van der Waals surface area (Å²) in [5, 5.41) is 6.65. The Labute approximate surface area is 190 Å². The van der Waals surface area contributed by atoms with Crippen molar-refractivity contribution in [2.45, 2.75) is 50.5 Å². The summed E-state index contributed by atoms with van der Waals surface area (Å²) in [6.45, 7) is 1.21. The highest BCUT2D eigenvalue weighted by atomic mass is 32.2. The van der Waals surface area contributed by atoms with E-state index < -0.39 is 10.0 Å². The van der Waals surface area contributed by atoms with E-state index in [1.807, 2.05) is 18.2 Å². The molecule has 2 N–H and O–H groups in total. The first kappa shape index (κ1) is 22.8. The lowest BCUT2D eigenvalue weighted by atomic mass is 10.00. The third kappa shape index (κ3) is 5.88. The quantitative estimate of drug-likeness (QED) is 0.604. The van der Waals surface area contributed by atoms with Gasteiger partial charge >= 0.3 is 0 Å². The van der Waals surface area contributed by atoms with Gasteiger partial charge < -0.3 is 15.4 Å². The number of nitrogens with one attached hydrogen (secondary N) is 2. The molecule has 172 valence electrons. The maximum atomic E-state index is 13.2. The average molecular weight is 458 g/mol. The van der Waals surface area contributed by atoms with E-state index in [-0.39, 0.29) is 24.1 Å². The van der Waals surface area contributed by atoms with Crippen LogP contribution in [0.5, 0.6) is 0 Å². The fourth-order valence-corrected chi connectivity index (χ4v) is 4.47. The van der Waals surface area contributed by atoms with Crippen molar-refractivity contribution in [1.29, 1.82) is 0 Å². The van der Waals surface area contributed by atoms with Crippen LogP contribution in [0.15, 0.2) is 48.5 Å². The lowest BCUT2D eigenvalue weighted by molar-refractivity contribution is 0.0932. The van der Waals surface area contributed by atoms with E-state index in [1.54, 1.807) is 18.2 Å². The van der Waals surface area contributed by atoms with E-state index in [4.69, 9.17) is 4.74 Å². The van der Waals surface area contributed by atoms with Crippen molar-refractivity contribution in [3.05, 3.63) is 65.2 Å². The van der Waals surface area contributed by atoms with E-state index in [1.165, 1.54) is 16.9 Å². The molecule has 1 amide bonds. The molecule has 1 saturated heterocycles. The van der Waals surface area contributed by atoms with Gasteiger partial charge in [-0.25, -0.2) is 8.42 Å². The van der Waals surface area contributed by atoms with Gasteiger partial charge in [0.1, 0.15) is 0 Å². The number of nitrogens with zero attached hydrogens (tertiary/aromatic N) is 1. The molecular formula is C24H31N3O4S. The number of benzene rings is 2. The topological polar surface area (TPSA) is 87.7 Å². The molecule has 2 fully saturated rings.